The van der Waals surface area contributed by atoms with E-state index in [9.17, 15) is 18.4 Å². The molecule has 0 saturated carbocycles. The van der Waals surface area contributed by atoms with Gasteiger partial charge in [-0.2, -0.15) is 0 Å². The number of pyridine rings is 1. The van der Waals surface area contributed by atoms with Gasteiger partial charge in [-0.3, -0.25) is 14.6 Å². The predicted octanol–water partition coefficient (Wildman–Crippen LogP) is 1.52. The summed E-state index contributed by atoms with van der Waals surface area (Å²) in [4.78, 5) is 37.2. The van der Waals surface area contributed by atoms with Crippen molar-refractivity contribution in [2.24, 2.45) is 5.92 Å². The topological polar surface area (TPSA) is 134 Å². The number of carbonyl (C=O) groups is 2. The Labute approximate surface area is 206 Å². The number of rotatable bonds is 8. The van der Waals surface area contributed by atoms with Crippen molar-refractivity contribution >= 4 is 34.7 Å². The van der Waals surface area contributed by atoms with Crippen LogP contribution in [0.4, 0.5) is 26.0 Å². The number of nitrogens with one attached hydrogen (secondary N) is 2. The number of nitrogen functional groups attached to an aromatic ring is 1. The first-order valence-electron chi connectivity index (χ1n) is 11.7. The normalized spacial score (nSPS) is 14.3. The summed E-state index contributed by atoms with van der Waals surface area (Å²) in [6, 6.07) is 0. The van der Waals surface area contributed by atoms with Crippen LogP contribution < -0.4 is 21.3 Å². The lowest BCUT2D eigenvalue weighted by molar-refractivity contribution is -0.134. The van der Waals surface area contributed by atoms with Crippen molar-refractivity contribution in [1.29, 1.82) is 0 Å². The van der Waals surface area contributed by atoms with Crippen LogP contribution in [0.15, 0.2) is 24.8 Å². The number of piperidine rings is 1. The Morgan fingerprint density at radius 1 is 1.22 bits per heavy atom. The Morgan fingerprint density at radius 2 is 1.97 bits per heavy atom. The number of hydrogen-bond acceptors (Lipinski definition) is 8. The van der Waals surface area contributed by atoms with Crippen LogP contribution in [0.25, 0.3) is 5.65 Å². The first-order chi connectivity index (χ1) is 17.3. The van der Waals surface area contributed by atoms with Crippen LogP contribution >= 0.6 is 0 Å². The van der Waals surface area contributed by atoms with Gasteiger partial charge in [-0.05, 0) is 32.9 Å². The van der Waals surface area contributed by atoms with E-state index < -0.39 is 17.5 Å². The molecule has 0 aromatic carbocycles. The molecule has 13 heteroatoms. The van der Waals surface area contributed by atoms with Gasteiger partial charge in [-0.25, -0.2) is 18.3 Å². The molecule has 0 radical (unpaired) electrons. The number of amides is 2. The Kier molecular flexibility index (Phi) is 7.58. The van der Waals surface area contributed by atoms with E-state index in [4.69, 9.17) is 5.73 Å². The Hall–Kier alpha value is -3.87. The van der Waals surface area contributed by atoms with Crippen LogP contribution in [0.2, 0.25) is 0 Å². The van der Waals surface area contributed by atoms with Gasteiger partial charge >= 0.3 is 0 Å². The average molecular weight is 502 g/mol. The molecule has 0 bridgehead atoms. The number of aromatic nitrogens is 4. The number of anilines is 3. The molecule has 36 heavy (non-hydrogen) atoms. The van der Waals surface area contributed by atoms with Gasteiger partial charge in [-0.15, -0.1) is 5.10 Å². The second-order valence-electron chi connectivity index (χ2n) is 8.75. The lowest BCUT2D eigenvalue weighted by Gasteiger charge is -2.35. The number of fused-ring (bicyclic) bond motifs is 1. The quantitative estimate of drug-likeness (QED) is 0.396. The van der Waals surface area contributed by atoms with Gasteiger partial charge in [0.15, 0.2) is 23.1 Å². The number of nitrogens with two attached hydrogens (primary N) is 1. The fraction of sp³-hybridized carbons (Fsp3) is 0.435. The summed E-state index contributed by atoms with van der Waals surface area (Å²) in [6.45, 7) is 2.37. The van der Waals surface area contributed by atoms with E-state index >= 15 is 0 Å². The Morgan fingerprint density at radius 3 is 2.69 bits per heavy atom. The largest absolute Gasteiger partial charge is 0.381 e. The molecule has 1 saturated heterocycles. The van der Waals surface area contributed by atoms with Gasteiger partial charge in [0.2, 0.25) is 5.91 Å². The number of hydrogen-bond donors (Lipinski definition) is 3. The Balaban J connectivity index is 1.48. The molecule has 11 nitrogen and oxygen atoms in total. The molecule has 0 aliphatic carbocycles. The van der Waals surface area contributed by atoms with E-state index in [0.29, 0.717) is 32.5 Å². The number of carbonyl (C=O) groups excluding carboxylic acids is 2. The SMILES string of the molecule is CNCCCN(C)C(=O)C1CCN(c2c(F)cncc2NC(=O)c2c(N)nn3cc(F)cnc23)CC1. The maximum Gasteiger partial charge on any atom is 0.263 e. The fourth-order valence-corrected chi connectivity index (χ4v) is 4.44. The molecule has 4 rings (SSSR count). The molecule has 0 spiro atoms. The van der Waals surface area contributed by atoms with Crippen LogP contribution in [-0.4, -0.2) is 76.6 Å². The van der Waals surface area contributed by atoms with Gasteiger partial charge in [0.1, 0.15) is 11.3 Å². The average Bonchev–Trinajstić information content (AvgIpc) is 3.18. The van der Waals surface area contributed by atoms with Crippen molar-refractivity contribution in [3.05, 3.63) is 42.0 Å². The van der Waals surface area contributed by atoms with Crippen LogP contribution in [0.1, 0.15) is 29.6 Å². The van der Waals surface area contributed by atoms with E-state index in [0.717, 1.165) is 36.1 Å². The highest BCUT2D eigenvalue weighted by Crippen LogP contribution is 2.33. The summed E-state index contributed by atoms with van der Waals surface area (Å²) in [6.07, 6.45) is 6.40. The van der Waals surface area contributed by atoms with Crippen molar-refractivity contribution in [1.82, 2.24) is 29.8 Å². The first kappa shape index (κ1) is 25.2. The molecule has 1 fully saturated rings. The molecule has 3 aromatic rings. The third kappa shape index (κ3) is 5.20. The van der Waals surface area contributed by atoms with Crippen molar-refractivity contribution < 1.29 is 18.4 Å². The minimum absolute atomic E-state index is 0.0594. The van der Waals surface area contributed by atoms with Crippen molar-refractivity contribution in [3.63, 3.8) is 0 Å². The van der Waals surface area contributed by atoms with Crippen molar-refractivity contribution in [2.45, 2.75) is 19.3 Å². The summed E-state index contributed by atoms with van der Waals surface area (Å²) in [7, 11) is 3.67. The van der Waals surface area contributed by atoms with E-state index in [1.807, 2.05) is 7.05 Å². The van der Waals surface area contributed by atoms with Gasteiger partial charge < -0.3 is 26.2 Å². The number of nitrogens with zero attached hydrogens (tertiary/aromatic N) is 6. The summed E-state index contributed by atoms with van der Waals surface area (Å²) in [5.41, 5.74) is 6.22. The molecule has 192 valence electrons. The molecule has 3 aromatic heterocycles. The minimum atomic E-state index is -0.677. The maximum atomic E-state index is 14.9. The zero-order chi connectivity index (χ0) is 25.8. The molecule has 1 aliphatic rings. The molecule has 4 N–H and O–H groups in total. The molecule has 0 unspecified atom stereocenters. The third-order valence-corrected chi connectivity index (χ3v) is 6.27. The number of halogens is 2. The minimum Gasteiger partial charge on any atom is -0.381 e. The predicted molar refractivity (Wildman–Crippen MR) is 131 cm³/mol. The molecular weight excluding hydrogens is 472 g/mol. The third-order valence-electron chi connectivity index (χ3n) is 6.27. The summed E-state index contributed by atoms with van der Waals surface area (Å²) >= 11 is 0. The van der Waals surface area contributed by atoms with Crippen LogP contribution in [0.3, 0.4) is 0 Å². The second-order valence-corrected chi connectivity index (χ2v) is 8.75. The first-order valence-corrected chi connectivity index (χ1v) is 11.7. The zero-order valence-electron chi connectivity index (χ0n) is 20.2. The Bertz CT molecular complexity index is 1260. The van der Waals surface area contributed by atoms with Crippen molar-refractivity contribution in [2.75, 3.05) is 56.2 Å². The summed E-state index contributed by atoms with van der Waals surface area (Å²) in [5.74, 6) is -2.12. The van der Waals surface area contributed by atoms with Gasteiger partial charge in [0, 0.05) is 32.6 Å². The molecule has 4 heterocycles. The van der Waals surface area contributed by atoms with E-state index in [-0.39, 0.29) is 40.2 Å². The zero-order valence-corrected chi connectivity index (χ0v) is 20.2. The second kappa shape index (κ2) is 10.8. The standard InChI is InChI=1S/C23H29F2N9O2/c1-27-6-3-7-32(2)23(36)14-4-8-33(9-5-14)19-16(25)11-28-12-17(19)30-22(35)18-20(26)31-34-13-15(24)10-29-21(18)34/h10-14,27H,3-9H2,1-2H3,(H2,26,31)(H,30,35). The molecule has 0 atom stereocenters. The van der Waals surface area contributed by atoms with E-state index in [1.165, 1.54) is 6.20 Å². The smallest absolute Gasteiger partial charge is 0.263 e. The lowest BCUT2D eigenvalue weighted by atomic mass is 9.95. The highest BCUT2D eigenvalue weighted by molar-refractivity contribution is 6.12. The highest BCUT2D eigenvalue weighted by Gasteiger charge is 2.30. The van der Waals surface area contributed by atoms with E-state index in [1.54, 1.807) is 16.8 Å². The van der Waals surface area contributed by atoms with Crippen LogP contribution in [-0.2, 0) is 4.79 Å². The summed E-state index contributed by atoms with van der Waals surface area (Å²) < 4.78 is 29.5. The van der Waals surface area contributed by atoms with E-state index in [2.05, 4.69) is 25.7 Å². The fourth-order valence-electron chi connectivity index (χ4n) is 4.44. The van der Waals surface area contributed by atoms with Crippen LogP contribution in [0.5, 0.6) is 0 Å². The highest BCUT2D eigenvalue weighted by atomic mass is 19.1. The maximum absolute atomic E-state index is 14.9. The van der Waals surface area contributed by atoms with Gasteiger partial charge in [0.05, 0.1) is 30.5 Å². The molecular formula is C23H29F2N9O2. The van der Waals surface area contributed by atoms with Crippen LogP contribution in [0, 0.1) is 17.6 Å². The van der Waals surface area contributed by atoms with Crippen molar-refractivity contribution in [3.8, 4) is 0 Å². The van der Waals surface area contributed by atoms with Gasteiger partial charge in [-0.1, -0.05) is 0 Å². The molecule has 2 amide bonds. The lowest BCUT2D eigenvalue weighted by Crippen LogP contribution is -2.42. The molecule has 1 aliphatic heterocycles. The summed E-state index contributed by atoms with van der Waals surface area (Å²) in [5, 5.41) is 9.64. The van der Waals surface area contributed by atoms with Gasteiger partial charge in [0.25, 0.3) is 5.91 Å². The monoisotopic (exact) mass is 501 g/mol.